The second kappa shape index (κ2) is 10.8. The van der Waals surface area contributed by atoms with Gasteiger partial charge in [-0.3, -0.25) is 19.1 Å². The van der Waals surface area contributed by atoms with E-state index in [4.69, 9.17) is 10.5 Å². The fourth-order valence-corrected chi connectivity index (χ4v) is 6.05. The van der Waals surface area contributed by atoms with Crippen LogP contribution in [0.3, 0.4) is 0 Å². The highest BCUT2D eigenvalue weighted by Gasteiger charge is 2.34. The van der Waals surface area contributed by atoms with E-state index in [2.05, 4.69) is 19.9 Å². The van der Waals surface area contributed by atoms with Crippen molar-refractivity contribution in [2.45, 2.75) is 33.0 Å². The Morgan fingerprint density at radius 2 is 1.80 bits per heavy atom. The molecule has 2 aliphatic heterocycles. The molecular formula is C32H32N8O4. The molecular weight excluding hydrogens is 560 g/mol. The summed E-state index contributed by atoms with van der Waals surface area (Å²) in [6.07, 6.45) is 3.45. The molecule has 224 valence electrons. The standard InChI is InChI=1S/C32H32N8O4/c1-19(2)31(42)37-14-23(15-37)38-16-24(26-28(33)34-18-35-29(26)38)20-8-10-21(11-9-20)36-30(41)27-25-17-44-13-12-39(25)40(32(27)43)22-6-4-3-5-7-22/h3-11,16,18-19,23H,12-15,17H2,1-2H3,(H,36,41)(H2,33,34,35). The van der Waals surface area contributed by atoms with Crippen LogP contribution >= 0.6 is 0 Å². The second-order valence-electron chi connectivity index (χ2n) is 11.4. The first-order chi connectivity index (χ1) is 21.3. The van der Waals surface area contributed by atoms with Gasteiger partial charge in [0.1, 0.15) is 23.4 Å². The van der Waals surface area contributed by atoms with Gasteiger partial charge in [-0.25, -0.2) is 14.6 Å². The van der Waals surface area contributed by atoms with Crippen molar-refractivity contribution in [1.29, 1.82) is 0 Å². The highest BCUT2D eigenvalue weighted by Crippen LogP contribution is 2.37. The molecule has 0 radical (unpaired) electrons. The molecule has 0 atom stereocenters. The molecule has 0 saturated carbocycles. The van der Waals surface area contributed by atoms with E-state index in [1.54, 1.807) is 12.1 Å². The largest absolute Gasteiger partial charge is 0.383 e. The quantitative estimate of drug-likeness (QED) is 0.308. The van der Waals surface area contributed by atoms with E-state index >= 15 is 0 Å². The Kier molecular flexibility index (Phi) is 6.77. The van der Waals surface area contributed by atoms with Crippen molar-refractivity contribution in [3.63, 3.8) is 0 Å². The molecule has 0 unspecified atom stereocenters. The number of nitrogens with zero attached hydrogens (tertiary/aromatic N) is 6. The molecule has 2 aromatic carbocycles. The monoisotopic (exact) mass is 592 g/mol. The number of nitrogen functional groups attached to an aromatic ring is 1. The van der Waals surface area contributed by atoms with Gasteiger partial charge in [0.05, 0.1) is 42.6 Å². The molecule has 3 N–H and O–H groups in total. The van der Waals surface area contributed by atoms with Crippen molar-refractivity contribution in [1.82, 2.24) is 28.8 Å². The number of nitrogens with two attached hydrogens (primary N) is 1. The predicted molar refractivity (Wildman–Crippen MR) is 165 cm³/mol. The molecule has 5 heterocycles. The summed E-state index contributed by atoms with van der Waals surface area (Å²) < 4.78 is 11.0. The number of para-hydroxylation sites is 1. The van der Waals surface area contributed by atoms with Crippen LogP contribution in [0.2, 0.25) is 0 Å². The maximum Gasteiger partial charge on any atom is 0.284 e. The Bertz CT molecular complexity index is 1950. The van der Waals surface area contributed by atoms with Gasteiger partial charge in [-0.15, -0.1) is 0 Å². The molecule has 0 bridgehead atoms. The van der Waals surface area contributed by atoms with E-state index in [0.717, 1.165) is 16.5 Å². The number of carbonyl (C=O) groups excluding carboxylic acids is 2. The first-order valence-corrected chi connectivity index (χ1v) is 14.6. The minimum Gasteiger partial charge on any atom is -0.383 e. The lowest BCUT2D eigenvalue weighted by molar-refractivity contribution is -0.140. The summed E-state index contributed by atoms with van der Waals surface area (Å²) in [6, 6.07) is 16.7. The van der Waals surface area contributed by atoms with Crippen molar-refractivity contribution in [3.05, 3.63) is 88.7 Å². The normalized spacial score (nSPS) is 14.9. The Morgan fingerprint density at radius 1 is 1.05 bits per heavy atom. The number of fused-ring (bicyclic) bond motifs is 2. The fraction of sp³-hybridized carbons (Fsp3) is 0.281. The average Bonchev–Trinajstić information content (AvgIpc) is 3.53. The van der Waals surface area contributed by atoms with Crippen molar-refractivity contribution in [3.8, 4) is 16.8 Å². The maximum absolute atomic E-state index is 13.5. The predicted octanol–water partition coefficient (Wildman–Crippen LogP) is 3.45. The number of benzene rings is 2. The molecule has 5 aromatic rings. The van der Waals surface area contributed by atoms with Crippen LogP contribution in [0.5, 0.6) is 0 Å². The summed E-state index contributed by atoms with van der Waals surface area (Å²) >= 11 is 0. The topological polar surface area (TPSA) is 142 Å². The van der Waals surface area contributed by atoms with Gasteiger partial charge < -0.3 is 25.3 Å². The van der Waals surface area contributed by atoms with Gasteiger partial charge in [-0.1, -0.05) is 44.2 Å². The number of nitrogens with one attached hydrogen (secondary N) is 1. The highest BCUT2D eigenvalue weighted by atomic mass is 16.5. The first-order valence-electron chi connectivity index (χ1n) is 14.6. The van der Waals surface area contributed by atoms with Gasteiger partial charge in [-0.2, -0.15) is 0 Å². The number of hydrogen-bond donors (Lipinski definition) is 2. The number of likely N-dealkylation sites (tertiary alicyclic amines) is 1. The van der Waals surface area contributed by atoms with E-state index in [9.17, 15) is 14.4 Å². The number of amides is 2. The van der Waals surface area contributed by atoms with Gasteiger partial charge in [0.2, 0.25) is 5.91 Å². The molecule has 1 saturated heterocycles. The van der Waals surface area contributed by atoms with E-state index in [0.29, 0.717) is 54.8 Å². The lowest BCUT2D eigenvalue weighted by atomic mass is 10.1. The average molecular weight is 593 g/mol. The molecule has 2 aliphatic rings. The number of ether oxygens (including phenoxy) is 1. The van der Waals surface area contributed by atoms with E-state index in [1.165, 1.54) is 11.0 Å². The lowest BCUT2D eigenvalue weighted by Gasteiger charge is -2.41. The third-order valence-electron chi connectivity index (χ3n) is 8.32. The summed E-state index contributed by atoms with van der Waals surface area (Å²) in [6.45, 7) is 6.12. The first kappa shape index (κ1) is 27.6. The Labute approximate surface area is 252 Å². The minimum atomic E-state index is -0.494. The summed E-state index contributed by atoms with van der Waals surface area (Å²) in [5, 5.41) is 3.63. The van der Waals surface area contributed by atoms with Crippen LogP contribution in [0, 0.1) is 5.92 Å². The third-order valence-corrected chi connectivity index (χ3v) is 8.32. The fourth-order valence-electron chi connectivity index (χ4n) is 6.05. The zero-order valence-electron chi connectivity index (χ0n) is 24.4. The van der Waals surface area contributed by atoms with Crippen molar-refractivity contribution < 1.29 is 14.3 Å². The van der Waals surface area contributed by atoms with Gasteiger partial charge in [-0.05, 0) is 29.8 Å². The molecule has 7 rings (SSSR count). The van der Waals surface area contributed by atoms with E-state index in [-0.39, 0.29) is 30.0 Å². The summed E-state index contributed by atoms with van der Waals surface area (Å²) in [7, 11) is 0. The molecule has 0 spiro atoms. The number of rotatable bonds is 6. The van der Waals surface area contributed by atoms with Crippen LogP contribution in [0.1, 0.15) is 35.9 Å². The van der Waals surface area contributed by atoms with Crippen LogP contribution in [0.15, 0.2) is 71.9 Å². The van der Waals surface area contributed by atoms with Gasteiger partial charge in [0, 0.05) is 36.5 Å². The lowest BCUT2D eigenvalue weighted by Crippen LogP contribution is -2.51. The van der Waals surface area contributed by atoms with Gasteiger partial charge >= 0.3 is 0 Å². The maximum atomic E-state index is 13.5. The molecule has 0 aliphatic carbocycles. The van der Waals surface area contributed by atoms with E-state index < -0.39 is 11.5 Å². The van der Waals surface area contributed by atoms with E-state index in [1.807, 2.05) is 72.1 Å². The number of anilines is 2. The number of carbonyl (C=O) groups is 2. The van der Waals surface area contributed by atoms with Crippen molar-refractivity contribution in [2.75, 3.05) is 30.7 Å². The van der Waals surface area contributed by atoms with Crippen LogP contribution in [0.25, 0.3) is 27.8 Å². The zero-order valence-corrected chi connectivity index (χ0v) is 24.4. The second-order valence-corrected chi connectivity index (χ2v) is 11.4. The molecule has 12 heteroatoms. The van der Waals surface area contributed by atoms with Crippen molar-refractivity contribution in [2.24, 2.45) is 5.92 Å². The van der Waals surface area contributed by atoms with Crippen molar-refractivity contribution >= 4 is 34.4 Å². The summed E-state index contributed by atoms with van der Waals surface area (Å²) in [5.41, 5.74) is 10.2. The zero-order chi connectivity index (χ0) is 30.5. The number of aromatic nitrogens is 5. The Morgan fingerprint density at radius 3 is 2.52 bits per heavy atom. The number of hydrogen-bond acceptors (Lipinski definition) is 7. The van der Waals surface area contributed by atoms with Crippen LogP contribution < -0.4 is 16.6 Å². The molecule has 44 heavy (non-hydrogen) atoms. The highest BCUT2D eigenvalue weighted by molar-refractivity contribution is 6.05. The Balaban J connectivity index is 1.17. The molecule has 3 aromatic heterocycles. The van der Waals surface area contributed by atoms with Crippen LogP contribution in [-0.2, 0) is 22.7 Å². The minimum absolute atomic E-state index is 0.0496. The summed E-state index contributed by atoms with van der Waals surface area (Å²) in [5.74, 6) is -0.0409. The van der Waals surface area contributed by atoms with Gasteiger partial charge in [0.25, 0.3) is 11.5 Å². The smallest absolute Gasteiger partial charge is 0.284 e. The SMILES string of the molecule is CC(C)C(=O)N1CC(n2cc(-c3ccc(NC(=O)c4c5n(n(-c6ccccc6)c4=O)CCOC5)cc3)c3c(N)ncnc32)C1. The molecule has 2 amide bonds. The van der Waals surface area contributed by atoms with Crippen LogP contribution in [-0.4, -0.2) is 60.3 Å². The molecule has 12 nitrogen and oxygen atoms in total. The Hall–Kier alpha value is -5.23. The van der Waals surface area contributed by atoms with Gasteiger partial charge in [0.15, 0.2) is 0 Å². The van der Waals surface area contributed by atoms with Crippen LogP contribution in [0.4, 0.5) is 11.5 Å². The molecule has 1 fully saturated rings. The summed E-state index contributed by atoms with van der Waals surface area (Å²) in [4.78, 5) is 50.1. The third kappa shape index (κ3) is 4.54.